The van der Waals surface area contributed by atoms with Crippen LogP contribution in [0.3, 0.4) is 0 Å². The summed E-state index contributed by atoms with van der Waals surface area (Å²) >= 11 is 0. The first kappa shape index (κ1) is 20.6. The summed E-state index contributed by atoms with van der Waals surface area (Å²) in [5, 5.41) is 9.46. The van der Waals surface area contributed by atoms with Crippen LogP contribution in [0, 0.1) is 12.8 Å². The van der Waals surface area contributed by atoms with E-state index in [0.29, 0.717) is 18.5 Å². The molecule has 1 aromatic heterocycles. The van der Waals surface area contributed by atoms with Gasteiger partial charge in [-0.15, -0.1) is 0 Å². The van der Waals surface area contributed by atoms with Gasteiger partial charge in [0.1, 0.15) is 0 Å². The molecule has 0 aromatic carbocycles. The first-order chi connectivity index (χ1) is 11.3. The van der Waals surface area contributed by atoms with Gasteiger partial charge in [-0.3, -0.25) is 14.3 Å². The maximum absolute atomic E-state index is 12.3. The van der Waals surface area contributed by atoms with Gasteiger partial charge in [-0.2, -0.15) is 0 Å². The van der Waals surface area contributed by atoms with Gasteiger partial charge in [-0.1, -0.05) is 6.08 Å². The second kappa shape index (κ2) is 9.74. The molecular formula is C15H25N2O6P. The molecule has 8 nitrogen and oxygen atoms in total. The zero-order chi connectivity index (χ0) is 18.2. The zero-order valence-corrected chi connectivity index (χ0v) is 15.1. The van der Waals surface area contributed by atoms with E-state index in [4.69, 9.17) is 9.05 Å². The van der Waals surface area contributed by atoms with Crippen LogP contribution >= 0.6 is 7.60 Å². The van der Waals surface area contributed by atoms with Crippen LogP contribution < -0.4 is 11.2 Å². The van der Waals surface area contributed by atoms with Gasteiger partial charge in [0.2, 0.25) is 0 Å². The fourth-order valence-corrected chi connectivity index (χ4v) is 3.47. The highest BCUT2D eigenvalue weighted by Gasteiger charge is 2.19. The van der Waals surface area contributed by atoms with Crippen molar-refractivity contribution in [1.29, 1.82) is 0 Å². The number of aliphatic hydroxyl groups is 1. The summed E-state index contributed by atoms with van der Waals surface area (Å²) in [5.74, 6) is 1.03. The van der Waals surface area contributed by atoms with E-state index in [1.807, 2.05) is 0 Å². The van der Waals surface area contributed by atoms with Gasteiger partial charge in [0.15, 0.2) is 0 Å². The number of aliphatic hydroxyl groups excluding tert-OH is 1. The number of nitrogens with one attached hydrogen (secondary N) is 1. The topological polar surface area (TPSA) is 111 Å². The minimum Gasteiger partial charge on any atom is -0.396 e. The lowest BCUT2D eigenvalue weighted by Crippen LogP contribution is -2.31. The Morgan fingerprint density at radius 3 is 2.50 bits per heavy atom. The highest BCUT2D eigenvalue weighted by atomic mass is 31.2. The second-order valence-electron chi connectivity index (χ2n) is 5.21. The van der Waals surface area contributed by atoms with Crippen LogP contribution in [0.4, 0.5) is 0 Å². The second-order valence-corrected chi connectivity index (χ2v) is 7.11. The average Bonchev–Trinajstić information content (AvgIpc) is 2.52. The molecule has 136 valence electrons. The fraction of sp³-hybridized carbons (Fsp3) is 0.600. The summed E-state index contributed by atoms with van der Waals surface area (Å²) in [4.78, 5) is 25.3. The molecule has 1 rings (SSSR count). The van der Waals surface area contributed by atoms with Crippen molar-refractivity contribution in [2.45, 2.75) is 33.7 Å². The summed E-state index contributed by atoms with van der Waals surface area (Å²) in [6.45, 7) is 5.67. The summed E-state index contributed by atoms with van der Waals surface area (Å²) in [5.41, 5.74) is -0.479. The van der Waals surface area contributed by atoms with Crippen molar-refractivity contribution >= 4 is 7.60 Å². The van der Waals surface area contributed by atoms with E-state index in [1.54, 1.807) is 26.8 Å². The van der Waals surface area contributed by atoms with E-state index >= 15 is 0 Å². The molecule has 0 aliphatic carbocycles. The Morgan fingerprint density at radius 1 is 1.33 bits per heavy atom. The van der Waals surface area contributed by atoms with Gasteiger partial charge in [0.05, 0.1) is 13.2 Å². The molecule has 0 aliphatic heterocycles. The van der Waals surface area contributed by atoms with Crippen molar-refractivity contribution in [2.24, 2.45) is 5.92 Å². The molecule has 1 aromatic rings. The Labute approximate surface area is 140 Å². The Balaban J connectivity index is 2.79. The summed E-state index contributed by atoms with van der Waals surface area (Å²) in [7, 11) is -3.31. The van der Waals surface area contributed by atoms with Gasteiger partial charge >= 0.3 is 13.3 Å². The minimum atomic E-state index is -3.31. The van der Waals surface area contributed by atoms with E-state index in [2.05, 4.69) is 4.98 Å². The van der Waals surface area contributed by atoms with Crippen molar-refractivity contribution in [3.8, 4) is 0 Å². The number of H-pyrrole nitrogens is 1. The van der Waals surface area contributed by atoms with Gasteiger partial charge in [0, 0.05) is 36.6 Å². The third-order valence-electron chi connectivity index (χ3n) is 3.32. The molecule has 0 saturated carbocycles. The number of aryl methyl sites for hydroxylation is 2. The molecule has 1 heterocycles. The predicted octanol–water partition coefficient (Wildman–Crippen LogP) is 1.62. The van der Waals surface area contributed by atoms with E-state index < -0.39 is 18.8 Å². The van der Waals surface area contributed by atoms with Crippen LogP contribution in [0.5, 0.6) is 0 Å². The normalized spacial score (nSPS) is 13.5. The molecule has 9 heteroatoms. The molecular weight excluding hydrogens is 335 g/mol. The zero-order valence-electron chi connectivity index (χ0n) is 14.2. The molecule has 0 amide bonds. The van der Waals surface area contributed by atoms with E-state index in [-0.39, 0.29) is 25.7 Å². The lowest BCUT2D eigenvalue weighted by molar-refractivity contribution is 0.227. The van der Waals surface area contributed by atoms with Gasteiger partial charge < -0.3 is 18.7 Å². The van der Waals surface area contributed by atoms with Crippen LogP contribution in [-0.2, 0) is 20.2 Å². The highest BCUT2D eigenvalue weighted by Crippen LogP contribution is 2.49. The lowest BCUT2D eigenvalue weighted by Gasteiger charge is -2.15. The molecule has 0 bridgehead atoms. The Hall–Kier alpha value is -1.47. The van der Waals surface area contributed by atoms with Crippen LogP contribution in [0.1, 0.15) is 25.8 Å². The number of hydrogen-bond acceptors (Lipinski definition) is 6. The average molecular weight is 360 g/mol. The molecule has 0 saturated heterocycles. The molecule has 0 radical (unpaired) electrons. The predicted molar refractivity (Wildman–Crippen MR) is 91.3 cm³/mol. The van der Waals surface area contributed by atoms with Crippen molar-refractivity contribution in [1.82, 2.24) is 9.55 Å². The minimum absolute atomic E-state index is 0.175. The molecule has 0 fully saturated rings. The molecule has 0 spiro atoms. The Bertz CT molecular complexity index is 699. The third kappa shape index (κ3) is 6.20. The molecule has 0 aliphatic rings. The molecule has 24 heavy (non-hydrogen) atoms. The highest BCUT2D eigenvalue weighted by molar-refractivity contribution is 7.57. The van der Waals surface area contributed by atoms with Crippen molar-refractivity contribution in [3.05, 3.63) is 44.5 Å². The van der Waals surface area contributed by atoms with Gasteiger partial charge in [-0.25, -0.2) is 4.79 Å². The molecule has 1 unspecified atom stereocenters. The van der Waals surface area contributed by atoms with Crippen LogP contribution in [0.2, 0.25) is 0 Å². The maximum atomic E-state index is 12.3. The van der Waals surface area contributed by atoms with Crippen LogP contribution in [-0.4, -0.2) is 34.5 Å². The van der Waals surface area contributed by atoms with Crippen LogP contribution in [0.15, 0.2) is 27.7 Å². The number of rotatable bonds is 10. The standard InChI is InChI=1S/C15H25N2O6P/c1-4-22-24(21,23-5-2)9-7-13(11-18)6-8-17-10-12(3)14(19)16-15(17)20/h7,9-10,13,18H,4-6,8,11H2,1-3H3,(H,16,19,20). The van der Waals surface area contributed by atoms with Crippen LogP contribution in [0.25, 0.3) is 0 Å². The number of aromatic amines is 1. The smallest absolute Gasteiger partial charge is 0.353 e. The van der Waals surface area contributed by atoms with Crippen molar-refractivity contribution in [3.63, 3.8) is 0 Å². The Morgan fingerprint density at radius 2 is 1.96 bits per heavy atom. The van der Waals surface area contributed by atoms with E-state index in [9.17, 15) is 19.3 Å². The number of nitrogens with zero attached hydrogens (tertiary/aromatic N) is 1. The summed E-state index contributed by atoms with van der Waals surface area (Å²) < 4.78 is 24.0. The largest absolute Gasteiger partial charge is 0.396 e. The third-order valence-corrected chi connectivity index (χ3v) is 5.10. The quantitative estimate of drug-likeness (QED) is 0.614. The van der Waals surface area contributed by atoms with E-state index in [1.165, 1.54) is 16.6 Å². The molecule has 1 atom stereocenters. The van der Waals surface area contributed by atoms with Gasteiger partial charge in [-0.05, 0) is 27.2 Å². The number of aromatic nitrogens is 2. The Kier molecular flexibility index (Phi) is 8.35. The SMILES string of the molecule is CCOP(=O)(C=CC(CO)CCn1cc(C)c(=O)[nH]c1=O)OCC. The maximum Gasteiger partial charge on any atom is 0.353 e. The first-order valence-corrected chi connectivity index (χ1v) is 9.45. The summed E-state index contributed by atoms with van der Waals surface area (Å²) in [6.07, 6.45) is 3.48. The summed E-state index contributed by atoms with van der Waals surface area (Å²) in [6, 6.07) is 0. The van der Waals surface area contributed by atoms with E-state index in [0.717, 1.165) is 0 Å². The first-order valence-electron chi connectivity index (χ1n) is 7.84. The van der Waals surface area contributed by atoms with Crippen molar-refractivity contribution in [2.75, 3.05) is 19.8 Å². The number of hydrogen-bond donors (Lipinski definition) is 2. The fourth-order valence-electron chi connectivity index (χ4n) is 2.05. The monoisotopic (exact) mass is 360 g/mol. The lowest BCUT2D eigenvalue weighted by atomic mass is 10.1. The van der Waals surface area contributed by atoms with Crippen molar-refractivity contribution < 1.29 is 18.7 Å². The van der Waals surface area contributed by atoms with Gasteiger partial charge in [0.25, 0.3) is 5.56 Å². The molecule has 2 N–H and O–H groups in total.